The number of aromatic nitrogens is 1. The Morgan fingerprint density at radius 2 is 1.89 bits per heavy atom. The summed E-state index contributed by atoms with van der Waals surface area (Å²) in [4.78, 5) is 28.4. The van der Waals surface area contributed by atoms with Gasteiger partial charge in [-0.25, -0.2) is 13.6 Å². The minimum Gasteiger partial charge on any atom is -0.462 e. The number of thiophene rings is 1. The predicted octanol–water partition coefficient (Wildman–Crippen LogP) is 5.17. The summed E-state index contributed by atoms with van der Waals surface area (Å²) >= 11 is 7.28. The van der Waals surface area contributed by atoms with Crippen molar-refractivity contribution in [1.82, 2.24) is 4.98 Å². The molecule has 0 saturated carbocycles. The Hall–Kier alpha value is -2.84. The SMILES string of the molecule is CCOC(=O)c1ccc(Cl)c(-c2ccc(C(=O)Nc3c(F)cncc3F)s2)c1. The van der Waals surface area contributed by atoms with E-state index in [1.807, 2.05) is 0 Å². The number of ether oxygens (including phenoxy) is 1. The average molecular weight is 423 g/mol. The summed E-state index contributed by atoms with van der Waals surface area (Å²) in [5.74, 6) is -3.12. The van der Waals surface area contributed by atoms with Crippen molar-refractivity contribution >= 4 is 40.5 Å². The third kappa shape index (κ3) is 4.18. The van der Waals surface area contributed by atoms with E-state index in [1.165, 1.54) is 6.07 Å². The maximum absolute atomic E-state index is 13.7. The number of hydrogen-bond donors (Lipinski definition) is 1. The first-order chi connectivity index (χ1) is 13.4. The maximum atomic E-state index is 13.7. The zero-order valence-corrected chi connectivity index (χ0v) is 16.0. The van der Waals surface area contributed by atoms with E-state index in [9.17, 15) is 18.4 Å². The van der Waals surface area contributed by atoms with Gasteiger partial charge in [-0.1, -0.05) is 11.6 Å². The molecule has 2 heterocycles. The van der Waals surface area contributed by atoms with Crippen molar-refractivity contribution in [2.45, 2.75) is 6.92 Å². The second kappa shape index (κ2) is 8.45. The van der Waals surface area contributed by atoms with E-state index >= 15 is 0 Å². The van der Waals surface area contributed by atoms with Crippen LogP contribution in [0.3, 0.4) is 0 Å². The summed E-state index contributed by atoms with van der Waals surface area (Å²) < 4.78 is 32.3. The zero-order valence-electron chi connectivity index (χ0n) is 14.5. The number of nitrogens with zero attached hydrogens (tertiary/aromatic N) is 1. The normalized spacial score (nSPS) is 10.6. The highest BCUT2D eigenvalue weighted by molar-refractivity contribution is 7.17. The molecule has 1 N–H and O–H groups in total. The van der Waals surface area contributed by atoms with Gasteiger partial charge in [-0.2, -0.15) is 0 Å². The van der Waals surface area contributed by atoms with Gasteiger partial charge in [0, 0.05) is 15.5 Å². The zero-order chi connectivity index (χ0) is 20.3. The average Bonchev–Trinajstić information content (AvgIpc) is 3.15. The summed E-state index contributed by atoms with van der Waals surface area (Å²) in [6, 6.07) is 7.80. The van der Waals surface area contributed by atoms with E-state index in [4.69, 9.17) is 16.3 Å². The standard InChI is InChI=1S/C19H13ClF2N2O3S/c1-2-27-19(26)10-3-4-12(20)11(7-10)15-5-6-16(28-15)18(25)24-17-13(21)8-23-9-14(17)22/h3-9H,2H2,1H3,(H,23,24,25). The molecule has 0 fully saturated rings. The van der Waals surface area contributed by atoms with Crippen LogP contribution in [0.4, 0.5) is 14.5 Å². The van der Waals surface area contributed by atoms with Gasteiger partial charge in [0.15, 0.2) is 11.6 Å². The van der Waals surface area contributed by atoms with Gasteiger partial charge in [-0.15, -0.1) is 11.3 Å². The van der Waals surface area contributed by atoms with Crippen LogP contribution < -0.4 is 5.32 Å². The predicted molar refractivity (Wildman–Crippen MR) is 103 cm³/mol. The van der Waals surface area contributed by atoms with Gasteiger partial charge in [0.2, 0.25) is 0 Å². The summed E-state index contributed by atoms with van der Waals surface area (Å²) in [5, 5.41) is 2.58. The van der Waals surface area contributed by atoms with Crippen LogP contribution in [0, 0.1) is 11.6 Å². The molecule has 5 nitrogen and oxygen atoms in total. The smallest absolute Gasteiger partial charge is 0.338 e. The summed E-state index contributed by atoms with van der Waals surface area (Å²) in [6.07, 6.45) is 1.61. The Morgan fingerprint density at radius 1 is 1.18 bits per heavy atom. The Kier molecular flexibility index (Phi) is 6.01. The Bertz CT molecular complexity index is 1040. The quantitative estimate of drug-likeness (QED) is 0.576. The van der Waals surface area contributed by atoms with Gasteiger partial charge < -0.3 is 10.1 Å². The van der Waals surface area contributed by atoms with Crippen LogP contribution in [0.15, 0.2) is 42.7 Å². The fraction of sp³-hybridized carbons (Fsp3) is 0.105. The molecule has 1 amide bonds. The third-order valence-electron chi connectivity index (χ3n) is 3.66. The number of pyridine rings is 1. The van der Waals surface area contributed by atoms with E-state index in [0.29, 0.717) is 21.0 Å². The minimum atomic E-state index is -0.977. The van der Waals surface area contributed by atoms with Gasteiger partial charge in [0.05, 0.1) is 29.4 Å². The minimum absolute atomic E-state index is 0.211. The number of hydrogen-bond acceptors (Lipinski definition) is 5. The van der Waals surface area contributed by atoms with Gasteiger partial charge >= 0.3 is 5.97 Å². The lowest BCUT2D eigenvalue weighted by atomic mass is 10.1. The van der Waals surface area contributed by atoms with Crippen molar-refractivity contribution in [3.05, 3.63) is 69.8 Å². The van der Waals surface area contributed by atoms with E-state index in [1.54, 1.807) is 31.2 Å². The second-order valence-electron chi connectivity index (χ2n) is 5.51. The van der Waals surface area contributed by atoms with Gasteiger partial charge in [0.1, 0.15) is 5.69 Å². The van der Waals surface area contributed by atoms with E-state index < -0.39 is 29.2 Å². The number of benzene rings is 1. The van der Waals surface area contributed by atoms with Crippen LogP contribution in [0.25, 0.3) is 10.4 Å². The van der Waals surface area contributed by atoms with Crippen molar-refractivity contribution in [2.75, 3.05) is 11.9 Å². The summed E-state index contributed by atoms with van der Waals surface area (Å²) in [7, 11) is 0. The second-order valence-corrected chi connectivity index (χ2v) is 7.00. The number of nitrogens with one attached hydrogen (secondary N) is 1. The van der Waals surface area contributed by atoms with Crippen LogP contribution in [0.5, 0.6) is 0 Å². The Balaban J connectivity index is 1.87. The highest BCUT2D eigenvalue weighted by Gasteiger charge is 2.18. The number of esters is 1. The molecule has 9 heteroatoms. The molecule has 0 bridgehead atoms. The molecule has 0 atom stereocenters. The van der Waals surface area contributed by atoms with Crippen molar-refractivity contribution < 1.29 is 23.1 Å². The lowest BCUT2D eigenvalue weighted by Gasteiger charge is -2.06. The number of anilines is 1. The molecule has 28 heavy (non-hydrogen) atoms. The molecule has 3 aromatic rings. The van der Waals surface area contributed by atoms with Crippen LogP contribution in [-0.4, -0.2) is 23.5 Å². The molecule has 3 rings (SSSR count). The van der Waals surface area contributed by atoms with Crippen LogP contribution in [-0.2, 0) is 4.74 Å². The maximum Gasteiger partial charge on any atom is 0.338 e. The van der Waals surface area contributed by atoms with Gasteiger partial charge in [-0.05, 0) is 37.3 Å². The first-order valence-corrected chi connectivity index (χ1v) is 9.27. The molecule has 0 aliphatic carbocycles. The fourth-order valence-electron chi connectivity index (χ4n) is 2.37. The number of halogens is 3. The molecule has 0 aliphatic rings. The van der Waals surface area contributed by atoms with Gasteiger partial charge in [-0.3, -0.25) is 9.78 Å². The number of amides is 1. The molecular weight excluding hydrogens is 410 g/mol. The summed E-state index contributed by atoms with van der Waals surface area (Å²) in [5.41, 5.74) is 0.288. The molecule has 0 saturated heterocycles. The number of carbonyl (C=O) groups is 2. The topological polar surface area (TPSA) is 68.3 Å². The number of rotatable bonds is 5. The van der Waals surface area contributed by atoms with Crippen molar-refractivity contribution in [3.8, 4) is 10.4 Å². The molecule has 0 radical (unpaired) electrons. The highest BCUT2D eigenvalue weighted by atomic mass is 35.5. The van der Waals surface area contributed by atoms with Crippen molar-refractivity contribution in [1.29, 1.82) is 0 Å². The van der Waals surface area contributed by atoms with Crippen LogP contribution in [0.2, 0.25) is 5.02 Å². The fourth-order valence-corrected chi connectivity index (χ4v) is 3.57. The Morgan fingerprint density at radius 3 is 2.57 bits per heavy atom. The van der Waals surface area contributed by atoms with E-state index in [2.05, 4.69) is 10.3 Å². The van der Waals surface area contributed by atoms with E-state index in [0.717, 1.165) is 23.7 Å². The highest BCUT2D eigenvalue weighted by Crippen LogP contribution is 2.34. The third-order valence-corrected chi connectivity index (χ3v) is 5.11. The molecule has 2 aromatic heterocycles. The van der Waals surface area contributed by atoms with Crippen LogP contribution >= 0.6 is 22.9 Å². The summed E-state index contributed by atoms with van der Waals surface area (Å²) in [6.45, 7) is 1.94. The molecule has 1 aromatic carbocycles. The van der Waals surface area contributed by atoms with Crippen molar-refractivity contribution in [2.24, 2.45) is 0 Å². The largest absolute Gasteiger partial charge is 0.462 e. The monoisotopic (exact) mass is 422 g/mol. The first kappa shape index (κ1) is 19.9. The number of carbonyl (C=O) groups excluding carboxylic acids is 2. The molecular formula is C19H13ClF2N2O3S. The van der Waals surface area contributed by atoms with Crippen molar-refractivity contribution in [3.63, 3.8) is 0 Å². The Labute approximate surface area is 167 Å². The molecule has 144 valence electrons. The van der Waals surface area contributed by atoms with Gasteiger partial charge in [0.25, 0.3) is 5.91 Å². The lowest BCUT2D eigenvalue weighted by Crippen LogP contribution is -2.13. The lowest BCUT2D eigenvalue weighted by molar-refractivity contribution is 0.0526. The van der Waals surface area contributed by atoms with Crippen LogP contribution in [0.1, 0.15) is 27.0 Å². The van der Waals surface area contributed by atoms with E-state index in [-0.39, 0.29) is 11.5 Å². The molecule has 0 unspecified atom stereocenters. The molecule has 0 spiro atoms. The molecule has 0 aliphatic heterocycles. The first-order valence-electron chi connectivity index (χ1n) is 8.08.